The zero-order chi connectivity index (χ0) is 19.1. The molecular weight excluding hydrogens is 338 g/mol. The van der Waals surface area contributed by atoms with Crippen LogP contribution in [0.15, 0.2) is 66.9 Å². The summed E-state index contributed by atoms with van der Waals surface area (Å²) in [5.41, 5.74) is 4.03. The molecule has 1 aromatic heterocycles. The number of nitrogens with zero attached hydrogens (tertiary/aromatic N) is 1. The molecular formula is C22H23N3O2. The average Bonchev–Trinajstić information content (AvgIpc) is 2.70. The fourth-order valence-electron chi connectivity index (χ4n) is 2.71. The van der Waals surface area contributed by atoms with Crippen molar-refractivity contribution < 1.29 is 9.53 Å². The molecule has 0 aliphatic heterocycles. The van der Waals surface area contributed by atoms with Crippen molar-refractivity contribution in [3.05, 3.63) is 78.1 Å². The van der Waals surface area contributed by atoms with Crippen molar-refractivity contribution in [3.8, 4) is 5.75 Å². The van der Waals surface area contributed by atoms with E-state index in [1.807, 2.05) is 61.5 Å². The number of carbonyl (C=O) groups is 1. The Bertz CT molecular complexity index is 890. The lowest BCUT2D eigenvalue weighted by atomic mass is 10.1. The van der Waals surface area contributed by atoms with Gasteiger partial charge in [0.05, 0.1) is 18.5 Å². The van der Waals surface area contributed by atoms with Gasteiger partial charge in [-0.1, -0.05) is 25.1 Å². The predicted molar refractivity (Wildman–Crippen MR) is 109 cm³/mol. The van der Waals surface area contributed by atoms with Crippen LogP contribution in [0.3, 0.4) is 0 Å². The number of benzene rings is 2. The molecule has 3 aromatic rings. The van der Waals surface area contributed by atoms with E-state index in [1.165, 1.54) is 0 Å². The van der Waals surface area contributed by atoms with Crippen LogP contribution in [0.1, 0.15) is 29.9 Å². The molecule has 0 radical (unpaired) electrons. The number of aromatic nitrogens is 1. The van der Waals surface area contributed by atoms with Crippen LogP contribution < -0.4 is 15.4 Å². The van der Waals surface area contributed by atoms with E-state index < -0.39 is 0 Å². The third-order valence-electron chi connectivity index (χ3n) is 4.10. The minimum Gasteiger partial charge on any atom is -0.494 e. The summed E-state index contributed by atoms with van der Waals surface area (Å²) in [4.78, 5) is 16.7. The maximum absolute atomic E-state index is 12.4. The second-order valence-corrected chi connectivity index (χ2v) is 5.98. The van der Waals surface area contributed by atoms with E-state index >= 15 is 0 Å². The van der Waals surface area contributed by atoms with Gasteiger partial charge in [0.25, 0.3) is 5.91 Å². The Kier molecular flexibility index (Phi) is 6.05. The molecule has 138 valence electrons. The molecule has 0 fully saturated rings. The van der Waals surface area contributed by atoms with Crippen LogP contribution in [0.2, 0.25) is 0 Å². The summed E-state index contributed by atoms with van der Waals surface area (Å²) in [5.74, 6) is 0.615. The van der Waals surface area contributed by atoms with E-state index in [2.05, 4.69) is 22.5 Å². The number of rotatable bonds is 7. The third kappa shape index (κ3) is 4.85. The molecule has 2 aromatic carbocycles. The van der Waals surface area contributed by atoms with E-state index in [0.717, 1.165) is 34.8 Å². The number of anilines is 3. The molecule has 27 heavy (non-hydrogen) atoms. The van der Waals surface area contributed by atoms with E-state index in [1.54, 1.807) is 12.3 Å². The quantitative estimate of drug-likeness (QED) is 0.619. The number of aryl methyl sites for hydroxylation is 1. The first kappa shape index (κ1) is 18.5. The van der Waals surface area contributed by atoms with Crippen molar-refractivity contribution in [1.29, 1.82) is 0 Å². The molecule has 2 N–H and O–H groups in total. The topological polar surface area (TPSA) is 63.2 Å². The summed E-state index contributed by atoms with van der Waals surface area (Å²) in [7, 11) is 0. The van der Waals surface area contributed by atoms with Crippen molar-refractivity contribution in [2.45, 2.75) is 20.3 Å². The van der Waals surface area contributed by atoms with Gasteiger partial charge in [-0.2, -0.15) is 0 Å². The molecule has 0 spiro atoms. The Morgan fingerprint density at radius 3 is 2.37 bits per heavy atom. The van der Waals surface area contributed by atoms with Crippen LogP contribution in [0.5, 0.6) is 5.75 Å². The SMILES string of the molecule is CCOc1ccc(Nc2ccc(C(=O)Nc3ccccc3CC)nc2)cc1. The van der Waals surface area contributed by atoms with Gasteiger partial charge in [0, 0.05) is 11.4 Å². The van der Waals surface area contributed by atoms with Gasteiger partial charge >= 0.3 is 0 Å². The first-order chi connectivity index (χ1) is 13.2. The summed E-state index contributed by atoms with van der Waals surface area (Å²) in [6.07, 6.45) is 2.51. The lowest BCUT2D eigenvalue weighted by molar-refractivity contribution is 0.102. The molecule has 5 nitrogen and oxygen atoms in total. The Morgan fingerprint density at radius 1 is 0.963 bits per heavy atom. The Morgan fingerprint density at radius 2 is 1.70 bits per heavy atom. The van der Waals surface area contributed by atoms with Crippen LogP contribution >= 0.6 is 0 Å². The van der Waals surface area contributed by atoms with Gasteiger partial charge in [-0.05, 0) is 61.4 Å². The van der Waals surface area contributed by atoms with Gasteiger partial charge in [-0.3, -0.25) is 4.79 Å². The fraction of sp³-hybridized carbons (Fsp3) is 0.182. The summed E-state index contributed by atoms with van der Waals surface area (Å²) < 4.78 is 5.43. The number of pyridine rings is 1. The molecule has 1 heterocycles. The molecule has 0 bridgehead atoms. The molecule has 1 amide bonds. The molecule has 0 saturated carbocycles. The Hall–Kier alpha value is -3.34. The summed E-state index contributed by atoms with van der Waals surface area (Å²) >= 11 is 0. The number of hydrogen-bond donors (Lipinski definition) is 2. The monoisotopic (exact) mass is 361 g/mol. The smallest absolute Gasteiger partial charge is 0.274 e. The van der Waals surface area contributed by atoms with Crippen LogP contribution in [0.25, 0.3) is 0 Å². The summed E-state index contributed by atoms with van der Waals surface area (Å²) in [6.45, 7) is 4.66. The van der Waals surface area contributed by atoms with Gasteiger partial charge in [0.2, 0.25) is 0 Å². The van der Waals surface area contributed by atoms with Crippen LogP contribution in [-0.4, -0.2) is 17.5 Å². The molecule has 0 aliphatic rings. The van der Waals surface area contributed by atoms with Crippen molar-refractivity contribution in [2.24, 2.45) is 0 Å². The highest BCUT2D eigenvalue weighted by Gasteiger charge is 2.09. The standard InChI is InChI=1S/C22H23N3O2/c1-3-16-7-5-6-8-20(16)25-22(26)21-14-11-18(15-23-21)24-17-9-12-19(13-10-17)27-4-2/h5-15,24H,3-4H2,1-2H3,(H,25,26). The highest BCUT2D eigenvalue weighted by molar-refractivity contribution is 6.03. The minimum atomic E-state index is -0.219. The van der Waals surface area contributed by atoms with Crippen molar-refractivity contribution in [3.63, 3.8) is 0 Å². The zero-order valence-electron chi connectivity index (χ0n) is 15.5. The summed E-state index contributed by atoms with van der Waals surface area (Å²) in [5, 5.41) is 6.19. The van der Waals surface area contributed by atoms with Crippen LogP contribution in [-0.2, 0) is 6.42 Å². The lowest BCUT2D eigenvalue weighted by Gasteiger charge is -2.10. The maximum Gasteiger partial charge on any atom is 0.274 e. The highest BCUT2D eigenvalue weighted by Crippen LogP contribution is 2.20. The van der Waals surface area contributed by atoms with Gasteiger partial charge in [-0.25, -0.2) is 4.98 Å². The van der Waals surface area contributed by atoms with Crippen LogP contribution in [0.4, 0.5) is 17.1 Å². The van der Waals surface area contributed by atoms with Gasteiger partial charge in [-0.15, -0.1) is 0 Å². The second kappa shape index (κ2) is 8.85. The Labute approximate surface area is 159 Å². The van der Waals surface area contributed by atoms with Gasteiger partial charge in [0.1, 0.15) is 11.4 Å². The largest absolute Gasteiger partial charge is 0.494 e. The van der Waals surface area contributed by atoms with E-state index in [0.29, 0.717) is 12.3 Å². The highest BCUT2D eigenvalue weighted by atomic mass is 16.5. The number of para-hydroxylation sites is 1. The number of ether oxygens (including phenoxy) is 1. The summed E-state index contributed by atoms with van der Waals surface area (Å²) in [6, 6.07) is 19.0. The van der Waals surface area contributed by atoms with Gasteiger partial charge < -0.3 is 15.4 Å². The maximum atomic E-state index is 12.4. The van der Waals surface area contributed by atoms with Crippen molar-refractivity contribution in [1.82, 2.24) is 4.98 Å². The first-order valence-electron chi connectivity index (χ1n) is 9.04. The number of amides is 1. The molecule has 0 aliphatic carbocycles. The molecule has 0 atom stereocenters. The number of carbonyl (C=O) groups excluding carboxylic acids is 1. The van der Waals surface area contributed by atoms with Gasteiger partial charge in [0.15, 0.2) is 0 Å². The van der Waals surface area contributed by atoms with E-state index in [4.69, 9.17) is 4.74 Å². The molecule has 5 heteroatoms. The molecule has 0 saturated heterocycles. The number of hydrogen-bond acceptors (Lipinski definition) is 4. The fourth-order valence-corrected chi connectivity index (χ4v) is 2.71. The lowest BCUT2D eigenvalue weighted by Crippen LogP contribution is -2.14. The van der Waals surface area contributed by atoms with Crippen molar-refractivity contribution in [2.75, 3.05) is 17.2 Å². The third-order valence-corrected chi connectivity index (χ3v) is 4.10. The van der Waals surface area contributed by atoms with Crippen molar-refractivity contribution >= 4 is 23.0 Å². The molecule has 0 unspecified atom stereocenters. The zero-order valence-corrected chi connectivity index (χ0v) is 15.5. The van der Waals surface area contributed by atoms with E-state index in [9.17, 15) is 4.79 Å². The number of nitrogens with one attached hydrogen (secondary N) is 2. The normalized spacial score (nSPS) is 10.3. The van der Waals surface area contributed by atoms with E-state index in [-0.39, 0.29) is 5.91 Å². The predicted octanol–water partition coefficient (Wildman–Crippen LogP) is 5.04. The minimum absolute atomic E-state index is 0.219. The second-order valence-electron chi connectivity index (χ2n) is 5.98. The Balaban J connectivity index is 1.65. The van der Waals surface area contributed by atoms with Crippen LogP contribution in [0, 0.1) is 0 Å². The average molecular weight is 361 g/mol. The molecule has 3 rings (SSSR count). The first-order valence-corrected chi connectivity index (χ1v) is 9.04.